The molecule has 0 unspecified atom stereocenters. The van der Waals surface area contributed by atoms with Crippen LogP contribution < -0.4 is 5.73 Å². The zero-order valence-corrected chi connectivity index (χ0v) is 8.63. The van der Waals surface area contributed by atoms with Crippen molar-refractivity contribution in [2.24, 2.45) is 5.73 Å². The molecule has 0 saturated heterocycles. The largest absolute Gasteiger partial charge is 0.471 e. The monoisotopic (exact) mass is 234 g/mol. The number of nitrogens with zero attached hydrogens (tertiary/aromatic N) is 1. The molecule has 0 radical (unpaired) electrons. The summed E-state index contributed by atoms with van der Waals surface area (Å²) in [5.74, 6) is 0.0243. The van der Waals surface area contributed by atoms with E-state index in [1.54, 1.807) is 0 Å². The van der Waals surface area contributed by atoms with Crippen LogP contribution in [0.25, 0.3) is 0 Å². The molecule has 1 atom stereocenters. The number of terminal acetylenes is 1. The maximum absolute atomic E-state index is 12.1. The third-order valence-electron chi connectivity index (χ3n) is 1.74. The number of nitrogens with two attached hydrogens (primary N) is 1. The van der Waals surface area contributed by atoms with Crippen LogP contribution in [0.1, 0.15) is 6.42 Å². The van der Waals surface area contributed by atoms with E-state index in [0.29, 0.717) is 11.3 Å². The summed E-state index contributed by atoms with van der Waals surface area (Å²) in [6, 6.07) is -0.600. The molecule has 0 rings (SSSR count). The fourth-order valence-electron chi connectivity index (χ4n) is 1.08. The van der Waals surface area contributed by atoms with Crippen LogP contribution in [0.5, 0.6) is 0 Å². The quantitative estimate of drug-likeness (QED) is 0.568. The van der Waals surface area contributed by atoms with Crippen molar-refractivity contribution in [1.29, 1.82) is 0 Å². The summed E-state index contributed by atoms with van der Waals surface area (Å²) in [4.78, 5) is 11.4. The Hall–Kier alpha value is -1.48. The molecule has 0 aromatic rings. The summed E-state index contributed by atoms with van der Waals surface area (Å²) in [5, 5.41) is 0. The van der Waals surface area contributed by atoms with E-state index in [0.717, 1.165) is 0 Å². The van der Waals surface area contributed by atoms with Gasteiger partial charge in [-0.15, -0.1) is 13.0 Å². The summed E-state index contributed by atoms with van der Waals surface area (Å²) in [6.45, 7) is 2.75. The zero-order chi connectivity index (χ0) is 12.8. The highest BCUT2D eigenvalue weighted by atomic mass is 19.4. The third kappa shape index (κ3) is 4.84. The summed E-state index contributed by atoms with van der Waals surface area (Å²) >= 11 is 0. The predicted molar refractivity (Wildman–Crippen MR) is 54.3 cm³/mol. The fourth-order valence-corrected chi connectivity index (χ4v) is 1.08. The minimum Gasteiger partial charge on any atom is -0.326 e. The summed E-state index contributed by atoms with van der Waals surface area (Å²) < 4.78 is 36.4. The normalized spacial score (nSPS) is 12.7. The molecule has 0 aliphatic rings. The number of carbonyl (C=O) groups is 1. The van der Waals surface area contributed by atoms with E-state index in [2.05, 4.69) is 6.58 Å². The van der Waals surface area contributed by atoms with E-state index in [4.69, 9.17) is 12.2 Å². The molecule has 0 heterocycles. The highest BCUT2D eigenvalue weighted by Crippen LogP contribution is 2.18. The minimum absolute atomic E-state index is 0.242. The molecule has 0 aromatic carbocycles. The molecule has 2 N–H and O–H groups in total. The second kappa shape index (κ2) is 6.18. The lowest BCUT2D eigenvalue weighted by atomic mass is 10.2. The number of rotatable bonds is 5. The first-order valence-electron chi connectivity index (χ1n) is 4.49. The average Bonchev–Trinajstić information content (AvgIpc) is 2.15. The minimum atomic E-state index is -4.93. The molecule has 0 aromatic heterocycles. The van der Waals surface area contributed by atoms with Crippen molar-refractivity contribution < 1.29 is 18.0 Å². The maximum Gasteiger partial charge on any atom is 0.471 e. The van der Waals surface area contributed by atoms with Crippen LogP contribution in [0.2, 0.25) is 0 Å². The van der Waals surface area contributed by atoms with Gasteiger partial charge in [0.1, 0.15) is 0 Å². The summed E-state index contributed by atoms with van der Waals surface area (Å²) in [6.07, 6.45) is 1.74. The zero-order valence-electron chi connectivity index (χ0n) is 8.63. The number of hydrogen-bond donors (Lipinski definition) is 1. The van der Waals surface area contributed by atoms with Crippen molar-refractivity contribution >= 4 is 5.91 Å². The Kier molecular flexibility index (Phi) is 5.61. The highest BCUT2D eigenvalue weighted by molar-refractivity contribution is 5.82. The van der Waals surface area contributed by atoms with Gasteiger partial charge in [-0.05, 0) is 6.42 Å². The SMILES string of the molecule is C#CCN(C[C@H](N)CC=C)C(=O)C(F)(F)F. The number of hydrogen-bond acceptors (Lipinski definition) is 2. The van der Waals surface area contributed by atoms with Gasteiger partial charge >= 0.3 is 12.1 Å². The summed E-state index contributed by atoms with van der Waals surface area (Å²) in [5.41, 5.74) is 5.50. The van der Waals surface area contributed by atoms with Crippen LogP contribution in [-0.2, 0) is 4.79 Å². The number of amides is 1. The Bertz CT molecular complexity index is 293. The van der Waals surface area contributed by atoms with Gasteiger partial charge in [0.2, 0.25) is 0 Å². The lowest BCUT2D eigenvalue weighted by molar-refractivity contribution is -0.185. The standard InChI is InChI=1S/C10H13F3N2O/c1-3-5-8(14)7-15(6-4-2)9(16)10(11,12)13/h2-3,8H,1,5-7,14H2/t8-/m1/s1. The van der Waals surface area contributed by atoms with Crippen LogP contribution in [-0.4, -0.2) is 36.1 Å². The fraction of sp³-hybridized carbons (Fsp3) is 0.500. The van der Waals surface area contributed by atoms with Crippen LogP contribution in [0.15, 0.2) is 12.7 Å². The third-order valence-corrected chi connectivity index (χ3v) is 1.74. The van der Waals surface area contributed by atoms with Gasteiger partial charge in [0.25, 0.3) is 0 Å². The van der Waals surface area contributed by atoms with Crippen LogP contribution in [0.4, 0.5) is 13.2 Å². The van der Waals surface area contributed by atoms with E-state index in [1.165, 1.54) is 6.08 Å². The van der Waals surface area contributed by atoms with Gasteiger partial charge in [-0.3, -0.25) is 4.79 Å². The average molecular weight is 234 g/mol. The molecule has 16 heavy (non-hydrogen) atoms. The molecule has 3 nitrogen and oxygen atoms in total. The lowest BCUT2D eigenvalue weighted by Crippen LogP contribution is -2.46. The first-order valence-corrected chi connectivity index (χ1v) is 4.49. The Balaban J connectivity index is 4.56. The topological polar surface area (TPSA) is 46.3 Å². The molecular weight excluding hydrogens is 221 g/mol. The number of alkyl halides is 3. The lowest BCUT2D eigenvalue weighted by Gasteiger charge is -2.24. The Morgan fingerprint density at radius 1 is 1.62 bits per heavy atom. The van der Waals surface area contributed by atoms with Gasteiger partial charge < -0.3 is 10.6 Å². The van der Waals surface area contributed by atoms with Crippen LogP contribution in [0.3, 0.4) is 0 Å². The second-order valence-electron chi connectivity index (χ2n) is 3.17. The molecule has 0 aliphatic heterocycles. The summed E-state index contributed by atoms with van der Waals surface area (Å²) in [7, 11) is 0. The van der Waals surface area contributed by atoms with Gasteiger partial charge in [0.05, 0.1) is 6.54 Å². The van der Waals surface area contributed by atoms with E-state index >= 15 is 0 Å². The van der Waals surface area contributed by atoms with Crippen molar-refractivity contribution in [3.05, 3.63) is 12.7 Å². The van der Waals surface area contributed by atoms with Gasteiger partial charge in [0.15, 0.2) is 0 Å². The second-order valence-corrected chi connectivity index (χ2v) is 3.17. The van der Waals surface area contributed by atoms with E-state index in [1.807, 2.05) is 5.92 Å². The molecule has 0 spiro atoms. The van der Waals surface area contributed by atoms with Crippen LogP contribution >= 0.6 is 0 Å². The molecule has 1 amide bonds. The number of halogens is 3. The van der Waals surface area contributed by atoms with E-state index in [-0.39, 0.29) is 6.54 Å². The smallest absolute Gasteiger partial charge is 0.326 e. The van der Waals surface area contributed by atoms with E-state index in [9.17, 15) is 18.0 Å². The van der Waals surface area contributed by atoms with Crippen LogP contribution in [0, 0.1) is 12.3 Å². The van der Waals surface area contributed by atoms with Crippen molar-refractivity contribution in [2.75, 3.05) is 13.1 Å². The van der Waals surface area contributed by atoms with Crippen molar-refractivity contribution in [3.8, 4) is 12.3 Å². The maximum atomic E-state index is 12.1. The van der Waals surface area contributed by atoms with Crippen molar-refractivity contribution in [3.63, 3.8) is 0 Å². The first-order chi connectivity index (χ1) is 7.32. The number of carbonyl (C=O) groups excluding carboxylic acids is 1. The molecular formula is C10H13F3N2O. The van der Waals surface area contributed by atoms with Gasteiger partial charge in [-0.25, -0.2) is 0 Å². The molecule has 0 saturated carbocycles. The van der Waals surface area contributed by atoms with Gasteiger partial charge in [0, 0.05) is 12.6 Å². The Labute approximate surface area is 92.1 Å². The molecule has 90 valence electrons. The van der Waals surface area contributed by atoms with Crippen molar-refractivity contribution in [2.45, 2.75) is 18.6 Å². The van der Waals surface area contributed by atoms with Gasteiger partial charge in [-0.2, -0.15) is 13.2 Å². The predicted octanol–water partition coefficient (Wildman–Crippen LogP) is 0.914. The molecule has 0 fully saturated rings. The van der Waals surface area contributed by atoms with Crippen molar-refractivity contribution in [1.82, 2.24) is 4.90 Å². The van der Waals surface area contributed by atoms with E-state index < -0.39 is 24.7 Å². The highest BCUT2D eigenvalue weighted by Gasteiger charge is 2.42. The van der Waals surface area contributed by atoms with Gasteiger partial charge in [-0.1, -0.05) is 12.0 Å². The Morgan fingerprint density at radius 2 is 2.19 bits per heavy atom. The molecule has 6 heteroatoms. The molecule has 0 aliphatic carbocycles. The Morgan fingerprint density at radius 3 is 2.56 bits per heavy atom. The molecule has 0 bridgehead atoms. The first kappa shape index (κ1) is 14.5.